The Hall–Kier alpha value is -0.550. The van der Waals surface area contributed by atoms with E-state index in [1.807, 2.05) is 19.1 Å². The van der Waals surface area contributed by atoms with Gasteiger partial charge in [-0.05, 0) is 62.9 Å². The Morgan fingerprint density at radius 3 is 2.50 bits per heavy atom. The molecular weight excluding hydrogens is 362 g/mol. The molecule has 100 valence electrons. The highest BCUT2D eigenvalue weighted by Gasteiger charge is 2.09. The molecule has 0 heterocycles. The molecule has 0 aliphatic rings. The molecule has 0 aromatic heterocycles. The normalized spacial score (nSPS) is 10.2. The van der Waals surface area contributed by atoms with Gasteiger partial charge in [0, 0.05) is 6.54 Å². The first-order valence-electron chi connectivity index (χ1n) is 5.89. The summed E-state index contributed by atoms with van der Waals surface area (Å²) in [6, 6.07) is 3.91. The van der Waals surface area contributed by atoms with Crippen molar-refractivity contribution >= 4 is 37.8 Å². The average Bonchev–Trinajstić information content (AvgIpc) is 2.27. The van der Waals surface area contributed by atoms with Crippen LogP contribution >= 0.6 is 31.9 Å². The minimum absolute atomic E-state index is 0.0317. The number of hydrogen-bond donors (Lipinski definition) is 1. The van der Waals surface area contributed by atoms with Crippen LogP contribution < -0.4 is 10.1 Å². The van der Waals surface area contributed by atoms with Crippen molar-refractivity contribution in [2.24, 2.45) is 0 Å². The van der Waals surface area contributed by atoms with Crippen molar-refractivity contribution in [3.05, 3.63) is 26.6 Å². The molecule has 1 amide bonds. The number of ether oxygens (including phenoxy) is 1. The van der Waals surface area contributed by atoms with Crippen LogP contribution in [0.5, 0.6) is 5.75 Å². The summed E-state index contributed by atoms with van der Waals surface area (Å²) >= 11 is 6.85. The smallest absolute Gasteiger partial charge is 0.257 e. The number of carbonyl (C=O) groups excluding carboxylic acids is 1. The van der Waals surface area contributed by atoms with Crippen LogP contribution in [0.4, 0.5) is 0 Å². The topological polar surface area (TPSA) is 38.3 Å². The fourth-order valence-electron chi connectivity index (χ4n) is 1.42. The van der Waals surface area contributed by atoms with Crippen molar-refractivity contribution in [2.75, 3.05) is 13.2 Å². The zero-order valence-corrected chi connectivity index (χ0v) is 13.7. The molecule has 1 N–H and O–H groups in total. The molecule has 1 aromatic rings. The molecule has 0 aliphatic heterocycles. The van der Waals surface area contributed by atoms with Crippen LogP contribution in [0.2, 0.25) is 0 Å². The van der Waals surface area contributed by atoms with E-state index in [1.165, 1.54) is 0 Å². The Morgan fingerprint density at radius 1 is 1.33 bits per heavy atom. The fourth-order valence-corrected chi connectivity index (χ4v) is 3.06. The van der Waals surface area contributed by atoms with Crippen LogP contribution in [0.3, 0.4) is 0 Å². The van der Waals surface area contributed by atoms with Crippen LogP contribution in [0.15, 0.2) is 21.1 Å². The second kappa shape index (κ2) is 7.79. The van der Waals surface area contributed by atoms with Gasteiger partial charge < -0.3 is 10.1 Å². The molecule has 0 spiro atoms. The van der Waals surface area contributed by atoms with E-state index in [2.05, 4.69) is 44.1 Å². The van der Waals surface area contributed by atoms with Gasteiger partial charge in [0.05, 0.1) is 8.95 Å². The van der Waals surface area contributed by atoms with E-state index in [0.717, 1.165) is 27.4 Å². The highest BCUT2D eigenvalue weighted by Crippen LogP contribution is 2.34. The molecule has 5 heteroatoms. The van der Waals surface area contributed by atoms with Crippen LogP contribution in [0.25, 0.3) is 0 Å². The second-order valence-electron chi connectivity index (χ2n) is 4.05. The van der Waals surface area contributed by atoms with Gasteiger partial charge in [-0.15, -0.1) is 0 Å². The Morgan fingerprint density at radius 2 is 1.94 bits per heavy atom. The van der Waals surface area contributed by atoms with Crippen LogP contribution in [-0.4, -0.2) is 19.1 Å². The van der Waals surface area contributed by atoms with Gasteiger partial charge in [0.2, 0.25) is 0 Å². The highest BCUT2D eigenvalue weighted by molar-refractivity contribution is 9.11. The van der Waals surface area contributed by atoms with Crippen molar-refractivity contribution in [1.29, 1.82) is 0 Å². The zero-order chi connectivity index (χ0) is 13.5. The molecule has 0 saturated heterocycles. The molecule has 0 radical (unpaired) electrons. The number of unbranched alkanes of at least 4 members (excludes halogenated alkanes) is 1. The summed E-state index contributed by atoms with van der Waals surface area (Å²) < 4.78 is 7.20. The van der Waals surface area contributed by atoms with Crippen LogP contribution in [-0.2, 0) is 4.79 Å². The lowest BCUT2D eigenvalue weighted by Gasteiger charge is -2.11. The molecule has 18 heavy (non-hydrogen) atoms. The lowest BCUT2D eigenvalue weighted by atomic mass is 10.2. The van der Waals surface area contributed by atoms with Gasteiger partial charge in [-0.2, -0.15) is 0 Å². The number of halogens is 2. The van der Waals surface area contributed by atoms with E-state index < -0.39 is 0 Å². The van der Waals surface area contributed by atoms with Gasteiger partial charge >= 0.3 is 0 Å². The third-order valence-electron chi connectivity index (χ3n) is 2.34. The van der Waals surface area contributed by atoms with E-state index in [9.17, 15) is 4.79 Å². The number of nitrogens with one attached hydrogen (secondary N) is 1. The van der Waals surface area contributed by atoms with Crippen LogP contribution in [0, 0.1) is 6.92 Å². The predicted octanol–water partition coefficient (Wildman–Crippen LogP) is 3.82. The third-order valence-corrected chi connectivity index (χ3v) is 3.52. The highest BCUT2D eigenvalue weighted by atomic mass is 79.9. The van der Waals surface area contributed by atoms with Gasteiger partial charge in [-0.1, -0.05) is 13.3 Å². The van der Waals surface area contributed by atoms with Gasteiger partial charge in [0.1, 0.15) is 5.75 Å². The van der Waals surface area contributed by atoms with Crippen molar-refractivity contribution in [1.82, 2.24) is 5.32 Å². The molecule has 1 aromatic carbocycles. The number of amides is 1. The number of benzene rings is 1. The van der Waals surface area contributed by atoms with Gasteiger partial charge in [0.15, 0.2) is 6.61 Å². The molecule has 0 atom stereocenters. The molecule has 0 saturated carbocycles. The Labute approximate surface area is 125 Å². The molecule has 0 bridgehead atoms. The molecule has 0 unspecified atom stereocenters. The summed E-state index contributed by atoms with van der Waals surface area (Å²) in [6.45, 7) is 4.82. The fraction of sp³-hybridized carbons (Fsp3) is 0.462. The van der Waals surface area contributed by atoms with Gasteiger partial charge in [-0.25, -0.2) is 0 Å². The van der Waals surface area contributed by atoms with E-state index in [0.29, 0.717) is 12.3 Å². The first kappa shape index (κ1) is 15.5. The molecule has 1 rings (SSSR count). The SMILES string of the molecule is CCCCNC(=O)COc1c(Br)cc(C)cc1Br. The van der Waals surface area contributed by atoms with Crippen molar-refractivity contribution < 1.29 is 9.53 Å². The van der Waals surface area contributed by atoms with E-state index in [-0.39, 0.29) is 12.5 Å². The largest absolute Gasteiger partial charge is 0.481 e. The predicted molar refractivity (Wildman–Crippen MR) is 80.0 cm³/mol. The quantitative estimate of drug-likeness (QED) is 0.764. The second-order valence-corrected chi connectivity index (χ2v) is 5.76. The lowest BCUT2D eigenvalue weighted by molar-refractivity contribution is -0.123. The van der Waals surface area contributed by atoms with Crippen molar-refractivity contribution in [3.8, 4) is 5.75 Å². The standard InChI is InChI=1S/C13H17Br2NO2/c1-3-4-5-16-12(17)8-18-13-10(14)6-9(2)7-11(13)15/h6-7H,3-5,8H2,1-2H3,(H,16,17). The summed E-state index contributed by atoms with van der Waals surface area (Å²) in [4.78, 5) is 11.5. The number of aryl methyl sites for hydroxylation is 1. The summed E-state index contributed by atoms with van der Waals surface area (Å²) in [7, 11) is 0. The van der Waals surface area contributed by atoms with E-state index >= 15 is 0 Å². The average molecular weight is 379 g/mol. The zero-order valence-electron chi connectivity index (χ0n) is 10.6. The number of hydrogen-bond acceptors (Lipinski definition) is 2. The maximum atomic E-state index is 11.5. The molecule has 0 fully saturated rings. The Bertz CT molecular complexity index is 398. The number of rotatable bonds is 6. The van der Waals surface area contributed by atoms with Crippen LogP contribution in [0.1, 0.15) is 25.3 Å². The Kier molecular flexibility index (Phi) is 6.71. The first-order valence-corrected chi connectivity index (χ1v) is 7.48. The number of carbonyl (C=O) groups is 1. The molecular formula is C13H17Br2NO2. The van der Waals surface area contributed by atoms with Gasteiger partial charge in [0.25, 0.3) is 5.91 Å². The third kappa shape index (κ3) is 4.98. The maximum absolute atomic E-state index is 11.5. The van der Waals surface area contributed by atoms with E-state index in [4.69, 9.17) is 4.74 Å². The maximum Gasteiger partial charge on any atom is 0.257 e. The Balaban J connectivity index is 2.51. The van der Waals surface area contributed by atoms with E-state index in [1.54, 1.807) is 0 Å². The summed E-state index contributed by atoms with van der Waals surface area (Å²) in [5.74, 6) is 0.564. The molecule has 0 aliphatic carbocycles. The minimum Gasteiger partial charge on any atom is -0.481 e. The first-order chi connectivity index (χ1) is 8.54. The summed E-state index contributed by atoms with van der Waals surface area (Å²) in [5, 5.41) is 2.81. The monoisotopic (exact) mass is 377 g/mol. The van der Waals surface area contributed by atoms with Crippen molar-refractivity contribution in [3.63, 3.8) is 0 Å². The summed E-state index contributed by atoms with van der Waals surface area (Å²) in [5.41, 5.74) is 1.12. The minimum atomic E-state index is -0.0946. The lowest BCUT2D eigenvalue weighted by Crippen LogP contribution is -2.29. The molecule has 3 nitrogen and oxygen atoms in total. The summed E-state index contributed by atoms with van der Waals surface area (Å²) in [6.07, 6.45) is 2.06. The van der Waals surface area contributed by atoms with Gasteiger partial charge in [-0.3, -0.25) is 4.79 Å². The van der Waals surface area contributed by atoms with Crippen molar-refractivity contribution in [2.45, 2.75) is 26.7 Å².